The van der Waals surface area contributed by atoms with E-state index in [1.54, 1.807) is 0 Å². The molecule has 2 aromatic rings. The number of hydrogen-bond donors (Lipinski definition) is 1. The fourth-order valence-electron chi connectivity index (χ4n) is 3.78. The van der Waals surface area contributed by atoms with Crippen LogP contribution in [0.4, 0.5) is 0 Å². The molecule has 1 heterocycles. The second-order valence-corrected chi connectivity index (χ2v) is 9.53. The van der Waals surface area contributed by atoms with E-state index >= 15 is 0 Å². The highest BCUT2D eigenvalue weighted by molar-refractivity contribution is 7.92. The smallest absolute Gasteiger partial charge is 0.254 e. The van der Waals surface area contributed by atoms with Crippen LogP contribution in [0.3, 0.4) is 0 Å². The summed E-state index contributed by atoms with van der Waals surface area (Å²) in [6.45, 7) is 3.88. The first-order valence-electron chi connectivity index (χ1n) is 9.86. The minimum absolute atomic E-state index is 0.0558. The Bertz CT molecular complexity index is 929. The molecule has 0 spiro atoms. The Morgan fingerprint density at radius 2 is 1.82 bits per heavy atom. The van der Waals surface area contributed by atoms with Crippen molar-refractivity contribution in [3.05, 3.63) is 35.7 Å². The highest BCUT2D eigenvalue weighted by Gasteiger charge is 2.27. The zero-order valence-corrected chi connectivity index (χ0v) is 17.3. The van der Waals surface area contributed by atoms with Gasteiger partial charge >= 0.3 is 0 Å². The van der Waals surface area contributed by atoms with Crippen LogP contribution in [-0.2, 0) is 14.6 Å². The molecular weight excluding hydrogens is 376 g/mol. The highest BCUT2D eigenvalue weighted by Crippen LogP contribution is 2.20. The predicted molar refractivity (Wildman–Crippen MR) is 107 cm³/mol. The second kappa shape index (κ2) is 8.86. The normalized spacial score (nSPS) is 16.4. The molecular formula is C20H28N4O3S. The summed E-state index contributed by atoms with van der Waals surface area (Å²) in [5.74, 6) is -1.09. The lowest BCUT2D eigenvalue weighted by Gasteiger charge is -2.21. The minimum atomic E-state index is -3.91. The van der Waals surface area contributed by atoms with Crippen LogP contribution in [0.1, 0.15) is 56.1 Å². The van der Waals surface area contributed by atoms with Crippen molar-refractivity contribution >= 4 is 15.7 Å². The van der Waals surface area contributed by atoms with Crippen molar-refractivity contribution in [2.75, 3.05) is 5.75 Å². The molecule has 7 nitrogen and oxygen atoms in total. The lowest BCUT2D eigenvalue weighted by Crippen LogP contribution is -2.39. The molecule has 3 rings (SSSR count). The van der Waals surface area contributed by atoms with E-state index in [1.807, 2.05) is 32.0 Å². The monoisotopic (exact) mass is 404 g/mol. The maximum Gasteiger partial charge on any atom is 0.254 e. The molecule has 152 valence electrons. The van der Waals surface area contributed by atoms with Gasteiger partial charge in [0.25, 0.3) is 5.16 Å². The number of carbonyl (C=O) groups is 1. The molecule has 1 fully saturated rings. The van der Waals surface area contributed by atoms with Crippen LogP contribution in [-0.4, -0.2) is 40.9 Å². The molecule has 0 saturated heterocycles. The molecule has 1 aliphatic rings. The maximum absolute atomic E-state index is 12.9. The number of aromatic nitrogens is 3. The van der Waals surface area contributed by atoms with E-state index in [2.05, 4.69) is 15.5 Å². The molecule has 1 aliphatic carbocycles. The van der Waals surface area contributed by atoms with Gasteiger partial charge in [-0.15, -0.1) is 10.2 Å². The second-order valence-electron chi connectivity index (χ2n) is 7.64. The Hall–Kier alpha value is -2.22. The van der Waals surface area contributed by atoms with E-state index < -0.39 is 21.5 Å². The van der Waals surface area contributed by atoms with E-state index in [1.165, 1.54) is 30.2 Å². The maximum atomic E-state index is 12.9. The van der Waals surface area contributed by atoms with Gasteiger partial charge in [0.1, 0.15) is 12.1 Å². The topological polar surface area (TPSA) is 93.9 Å². The van der Waals surface area contributed by atoms with Crippen molar-refractivity contribution in [2.45, 2.75) is 70.0 Å². The van der Waals surface area contributed by atoms with E-state index in [0.29, 0.717) is 5.69 Å². The van der Waals surface area contributed by atoms with Gasteiger partial charge in [0.2, 0.25) is 15.7 Å². The average molecular weight is 405 g/mol. The SMILES string of the molecule is Cc1ccc(-n2cnnc2S(=O)(=O)CC(=O)NC2CCCCCCC2)c(C)c1. The van der Waals surface area contributed by atoms with Crippen LogP contribution < -0.4 is 5.32 Å². The Labute approximate surface area is 166 Å². The van der Waals surface area contributed by atoms with Crippen LogP contribution in [0.2, 0.25) is 0 Å². The lowest BCUT2D eigenvalue weighted by atomic mass is 9.97. The molecule has 28 heavy (non-hydrogen) atoms. The average Bonchev–Trinajstić information content (AvgIpc) is 3.07. The zero-order valence-electron chi connectivity index (χ0n) is 16.5. The molecule has 1 saturated carbocycles. The predicted octanol–water partition coefficient (Wildman–Crippen LogP) is 2.89. The van der Waals surface area contributed by atoms with E-state index in [9.17, 15) is 13.2 Å². The van der Waals surface area contributed by atoms with Crippen molar-refractivity contribution in [3.8, 4) is 5.69 Å². The van der Waals surface area contributed by atoms with Gasteiger partial charge < -0.3 is 5.32 Å². The zero-order chi connectivity index (χ0) is 20.1. The van der Waals surface area contributed by atoms with Gasteiger partial charge in [-0.05, 0) is 38.3 Å². The molecule has 1 N–H and O–H groups in total. The molecule has 8 heteroatoms. The Morgan fingerprint density at radius 3 is 2.50 bits per heavy atom. The summed E-state index contributed by atoms with van der Waals surface area (Å²) in [7, 11) is -3.91. The summed E-state index contributed by atoms with van der Waals surface area (Å²) in [4.78, 5) is 12.4. The lowest BCUT2D eigenvalue weighted by molar-refractivity contribution is -0.119. The Balaban J connectivity index is 1.74. The summed E-state index contributed by atoms with van der Waals surface area (Å²) in [6.07, 6.45) is 8.90. The summed E-state index contributed by atoms with van der Waals surface area (Å²) < 4.78 is 27.2. The first kappa shape index (κ1) is 20.5. The van der Waals surface area contributed by atoms with Gasteiger partial charge in [-0.3, -0.25) is 9.36 Å². The molecule has 1 aromatic heterocycles. The summed E-state index contributed by atoms with van der Waals surface area (Å²) >= 11 is 0. The molecule has 0 aliphatic heterocycles. The number of nitrogens with zero attached hydrogens (tertiary/aromatic N) is 3. The molecule has 0 atom stereocenters. The number of aryl methyl sites for hydroxylation is 2. The third kappa shape index (κ3) is 4.98. The molecule has 0 unspecified atom stereocenters. The van der Waals surface area contributed by atoms with Crippen LogP contribution in [0, 0.1) is 13.8 Å². The van der Waals surface area contributed by atoms with Crippen LogP contribution in [0.25, 0.3) is 5.69 Å². The fourth-order valence-corrected chi connectivity index (χ4v) is 4.96. The van der Waals surface area contributed by atoms with Gasteiger partial charge in [-0.25, -0.2) is 8.42 Å². The van der Waals surface area contributed by atoms with Gasteiger partial charge in [-0.1, -0.05) is 49.8 Å². The van der Waals surface area contributed by atoms with E-state index in [4.69, 9.17) is 0 Å². The van der Waals surface area contributed by atoms with E-state index in [0.717, 1.165) is 36.8 Å². The van der Waals surface area contributed by atoms with E-state index in [-0.39, 0.29) is 11.2 Å². The fraction of sp³-hybridized carbons (Fsp3) is 0.550. The number of carbonyl (C=O) groups excluding carboxylic acids is 1. The molecule has 0 bridgehead atoms. The van der Waals surface area contributed by atoms with Gasteiger partial charge in [0.05, 0.1) is 5.69 Å². The summed E-state index contributed by atoms with van der Waals surface area (Å²) in [5.41, 5.74) is 2.68. The largest absolute Gasteiger partial charge is 0.352 e. The quantitative estimate of drug-likeness (QED) is 0.827. The number of rotatable bonds is 5. The Kier molecular flexibility index (Phi) is 6.49. The third-order valence-electron chi connectivity index (χ3n) is 5.20. The van der Waals surface area contributed by atoms with Crippen LogP contribution >= 0.6 is 0 Å². The number of nitrogens with one attached hydrogen (secondary N) is 1. The van der Waals surface area contributed by atoms with Crippen LogP contribution in [0.15, 0.2) is 29.7 Å². The van der Waals surface area contributed by atoms with Crippen molar-refractivity contribution in [1.29, 1.82) is 0 Å². The number of sulfone groups is 1. The first-order chi connectivity index (χ1) is 13.4. The molecule has 1 aromatic carbocycles. The Morgan fingerprint density at radius 1 is 1.14 bits per heavy atom. The van der Waals surface area contributed by atoms with Crippen molar-refractivity contribution in [3.63, 3.8) is 0 Å². The van der Waals surface area contributed by atoms with Gasteiger partial charge in [0.15, 0.2) is 0 Å². The third-order valence-corrected chi connectivity index (χ3v) is 6.67. The number of benzene rings is 1. The summed E-state index contributed by atoms with van der Waals surface area (Å²) in [6, 6.07) is 5.76. The van der Waals surface area contributed by atoms with Crippen molar-refractivity contribution < 1.29 is 13.2 Å². The number of amides is 1. The highest BCUT2D eigenvalue weighted by atomic mass is 32.2. The van der Waals surface area contributed by atoms with Gasteiger partial charge in [-0.2, -0.15) is 0 Å². The summed E-state index contributed by atoms with van der Waals surface area (Å²) in [5, 5.41) is 10.3. The minimum Gasteiger partial charge on any atom is -0.352 e. The standard InChI is InChI=1S/C20H28N4O3S/c1-15-10-11-18(16(2)12-15)24-14-21-23-20(24)28(26,27)13-19(25)22-17-8-6-4-3-5-7-9-17/h10-12,14,17H,3-9,13H2,1-2H3,(H,22,25). The number of hydrogen-bond acceptors (Lipinski definition) is 5. The van der Waals surface area contributed by atoms with Crippen molar-refractivity contribution in [1.82, 2.24) is 20.1 Å². The first-order valence-corrected chi connectivity index (χ1v) is 11.5. The van der Waals surface area contributed by atoms with Gasteiger partial charge in [0, 0.05) is 6.04 Å². The molecule has 1 amide bonds. The van der Waals surface area contributed by atoms with Crippen LogP contribution in [0.5, 0.6) is 0 Å². The molecule has 0 radical (unpaired) electrons. The van der Waals surface area contributed by atoms with Crippen molar-refractivity contribution in [2.24, 2.45) is 0 Å².